The van der Waals surface area contributed by atoms with E-state index in [1.165, 1.54) is 11.0 Å². The highest BCUT2D eigenvalue weighted by Gasteiger charge is 2.20. The first-order valence-electron chi connectivity index (χ1n) is 6.73. The second-order valence-corrected chi connectivity index (χ2v) is 5.40. The maximum atomic E-state index is 12.4. The maximum absolute atomic E-state index is 12.4. The van der Waals surface area contributed by atoms with E-state index in [-0.39, 0.29) is 28.8 Å². The first-order chi connectivity index (χ1) is 10.6. The lowest BCUT2D eigenvalue weighted by Gasteiger charge is -2.17. The molecule has 0 spiro atoms. The van der Waals surface area contributed by atoms with Crippen LogP contribution in [0.15, 0.2) is 42.5 Å². The first-order valence-corrected chi connectivity index (χ1v) is 7.10. The number of hydrogen-bond donors (Lipinski definition) is 2. The summed E-state index contributed by atoms with van der Waals surface area (Å²) in [5.41, 5.74) is 1.86. The molecule has 2 N–H and O–H groups in total. The highest BCUT2D eigenvalue weighted by molar-refractivity contribution is 6.34. The van der Waals surface area contributed by atoms with Crippen molar-refractivity contribution in [2.45, 2.75) is 6.54 Å². The van der Waals surface area contributed by atoms with Gasteiger partial charge in [0, 0.05) is 7.05 Å². The van der Waals surface area contributed by atoms with Gasteiger partial charge in [-0.15, -0.1) is 0 Å². The zero-order valence-corrected chi connectivity index (χ0v) is 12.6. The molecule has 0 aliphatic heterocycles. The van der Waals surface area contributed by atoms with Gasteiger partial charge in [0.2, 0.25) is 0 Å². The average Bonchev–Trinajstić information content (AvgIpc) is 2.89. The van der Waals surface area contributed by atoms with Gasteiger partial charge in [-0.25, -0.2) is 4.98 Å². The van der Waals surface area contributed by atoms with Crippen LogP contribution in [0.4, 0.5) is 0 Å². The highest BCUT2D eigenvalue weighted by atomic mass is 35.5. The first kappa shape index (κ1) is 14.4. The van der Waals surface area contributed by atoms with Crippen molar-refractivity contribution in [3.63, 3.8) is 0 Å². The number of halogens is 1. The number of fused-ring (bicyclic) bond motifs is 1. The molecule has 0 saturated carbocycles. The third kappa shape index (κ3) is 2.63. The van der Waals surface area contributed by atoms with Crippen molar-refractivity contribution in [1.29, 1.82) is 0 Å². The van der Waals surface area contributed by atoms with Crippen molar-refractivity contribution in [2.75, 3.05) is 7.05 Å². The number of para-hydroxylation sites is 2. The number of H-pyrrole nitrogens is 1. The number of carbonyl (C=O) groups excluding carboxylic acids is 1. The molecule has 0 aliphatic carbocycles. The monoisotopic (exact) mass is 315 g/mol. The van der Waals surface area contributed by atoms with Gasteiger partial charge in [0.1, 0.15) is 11.6 Å². The van der Waals surface area contributed by atoms with Gasteiger partial charge in [0.05, 0.1) is 28.2 Å². The van der Waals surface area contributed by atoms with Crippen LogP contribution < -0.4 is 0 Å². The number of amides is 1. The second-order valence-electron chi connectivity index (χ2n) is 5.00. The largest absolute Gasteiger partial charge is 0.507 e. The van der Waals surface area contributed by atoms with Crippen LogP contribution in [-0.2, 0) is 6.54 Å². The van der Waals surface area contributed by atoms with Crippen LogP contribution in [0.25, 0.3) is 11.0 Å². The number of aromatic hydroxyl groups is 1. The zero-order chi connectivity index (χ0) is 15.7. The summed E-state index contributed by atoms with van der Waals surface area (Å²) >= 11 is 6.00. The van der Waals surface area contributed by atoms with Crippen LogP contribution in [0.3, 0.4) is 0 Å². The van der Waals surface area contributed by atoms with Gasteiger partial charge in [0.15, 0.2) is 0 Å². The number of benzene rings is 2. The number of rotatable bonds is 3. The van der Waals surface area contributed by atoms with E-state index < -0.39 is 0 Å². The minimum Gasteiger partial charge on any atom is -0.507 e. The predicted octanol–water partition coefficient (Wildman–Crippen LogP) is 3.19. The SMILES string of the molecule is CN(Cc1nc2ccccc2[nH]1)C(=O)c1c(O)cccc1Cl. The summed E-state index contributed by atoms with van der Waals surface area (Å²) in [5.74, 6) is 0.182. The molecule has 0 saturated heterocycles. The minimum absolute atomic E-state index is 0.0998. The smallest absolute Gasteiger partial charge is 0.259 e. The molecule has 0 bridgehead atoms. The third-order valence-corrected chi connectivity index (χ3v) is 3.69. The molecule has 0 unspecified atom stereocenters. The Labute approximate surface area is 132 Å². The van der Waals surface area contributed by atoms with Crippen LogP contribution in [-0.4, -0.2) is 32.9 Å². The summed E-state index contributed by atoms with van der Waals surface area (Å²) in [5, 5.41) is 10.1. The summed E-state index contributed by atoms with van der Waals surface area (Å²) < 4.78 is 0. The number of hydrogen-bond acceptors (Lipinski definition) is 3. The third-order valence-electron chi connectivity index (χ3n) is 3.38. The number of aromatic amines is 1. The number of nitrogens with zero attached hydrogens (tertiary/aromatic N) is 2. The molecule has 3 aromatic rings. The molecule has 0 fully saturated rings. The van der Waals surface area contributed by atoms with E-state index in [4.69, 9.17) is 11.6 Å². The van der Waals surface area contributed by atoms with Crippen LogP contribution >= 0.6 is 11.6 Å². The van der Waals surface area contributed by atoms with Gasteiger partial charge in [0.25, 0.3) is 5.91 Å². The molecular weight excluding hydrogens is 302 g/mol. The lowest BCUT2D eigenvalue weighted by atomic mass is 10.1. The Morgan fingerprint density at radius 3 is 2.77 bits per heavy atom. The van der Waals surface area contributed by atoms with Crippen molar-refractivity contribution >= 4 is 28.5 Å². The molecule has 0 aliphatic rings. The van der Waals surface area contributed by atoms with Crippen LogP contribution in [0.2, 0.25) is 5.02 Å². The summed E-state index contributed by atoms with van der Waals surface area (Å²) in [6.07, 6.45) is 0. The highest BCUT2D eigenvalue weighted by Crippen LogP contribution is 2.26. The van der Waals surface area contributed by atoms with Crippen molar-refractivity contribution in [3.05, 3.63) is 58.9 Å². The van der Waals surface area contributed by atoms with E-state index in [9.17, 15) is 9.90 Å². The van der Waals surface area contributed by atoms with Gasteiger partial charge in [-0.3, -0.25) is 4.79 Å². The van der Waals surface area contributed by atoms with E-state index >= 15 is 0 Å². The number of phenolic OH excluding ortho intramolecular Hbond substituents is 1. The molecule has 0 atom stereocenters. The van der Waals surface area contributed by atoms with Gasteiger partial charge >= 0.3 is 0 Å². The van der Waals surface area contributed by atoms with Gasteiger partial charge in [-0.05, 0) is 24.3 Å². The van der Waals surface area contributed by atoms with Crippen molar-refractivity contribution < 1.29 is 9.90 Å². The molecule has 2 aromatic carbocycles. The Bertz CT molecular complexity index is 791. The van der Waals surface area contributed by atoms with Crippen LogP contribution in [0.5, 0.6) is 5.75 Å². The van der Waals surface area contributed by atoms with Gasteiger partial charge < -0.3 is 15.0 Å². The summed E-state index contributed by atoms with van der Waals surface area (Å²) in [6, 6.07) is 12.3. The molecule has 5 nitrogen and oxygen atoms in total. The van der Waals surface area contributed by atoms with Crippen molar-refractivity contribution in [3.8, 4) is 5.75 Å². The Morgan fingerprint density at radius 2 is 2.05 bits per heavy atom. The Hall–Kier alpha value is -2.53. The van der Waals surface area contributed by atoms with Crippen molar-refractivity contribution in [2.24, 2.45) is 0 Å². The summed E-state index contributed by atoms with van der Waals surface area (Å²) in [4.78, 5) is 21.5. The molecule has 1 amide bonds. The molecule has 112 valence electrons. The number of imidazole rings is 1. The molecule has 6 heteroatoms. The number of nitrogens with one attached hydrogen (secondary N) is 1. The Morgan fingerprint density at radius 1 is 1.27 bits per heavy atom. The lowest BCUT2D eigenvalue weighted by Crippen LogP contribution is -2.27. The zero-order valence-electron chi connectivity index (χ0n) is 11.9. The second kappa shape index (κ2) is 5.69. The average molecular weight is 316 g/mol. The van der Waals surface area contributed by atoms with E-state index in [1.54, 1.807) is 19.2 Å². The van der Waals surface area contributed by atoms with E-state index in [0.29, 0.717) is 5.82 Å². The fourth-order valence-corrected chi connectivity index (χ4v) is 2.54. The fraction of sp³-hybridized carbons (Fsp3) is 0.125. The molecule has 22 heavy (non-hydrogen) atoms. The van der Waals surface area contributed by atoms with Gasteiger partial charge in [-0.1, -0.05) is 29.8 Å². The lowest BCUT2D eigenvalue weighted by molar-refractivity contribution is 0.0779. The maximum Gasteiger partial charge on any atom is 0.259 e. The number of carbonyl (C=O) groups is 1. The van der Waals surface area contributed by atoms with E-state index in [0.717, 1.165) is 11.0 Å². The minimum atomic E-state index is -0.358. The van der Waals surface area contributed by atoms with Crippen molar-refractivity contribution in [1.82, 2.24) is 14.9 Å². The van der Waals surface area contributed by atoms with E-state index in [2.05, 4.69) is 9.97 Å². The molecule has 3 rings (SSSR count). The van der Waals surface area contributed by atoms with Gasteiger partial charge in [-0.2, -0.15) is 0 Å². The van der Waals surface area contributed by atoms with Crippen LogP contribution in [0.1, 0.15) is 16.2 Å². The number of phenols is 1. The molecule has 0 radical (unpaired) electrons. The standard InChI is InChI=1S/C16H14ClN3O2/c1-20(16(22)15-10(17)5-4-8-13(15)21)9-14-18-11-6-2-3-7-12(11)19-14/h2-8,21H,9H2,1H3,(H,18,19). The molecule has 1 heterocycles. The van der Waals surface area contributed by atoms with E-state index in [1.807, 2.05) is 24.3 Å². The Kier molecular flexibility index (Phi) is 3.73. The molecule has 1 aromatic heterocycles. The Balaban J connectivity index is 1.84. The summed E-state index contributed by atoms with van der Waals surface area (Å²) in [6.45, 7) is 0.290. The fourth-order valence-electron chi connectivity index (χ4n) is 2.29. The summed E-state index contributed by atoms with van der Waals surface area (Å²) in [7, 11) is 1.64. The van der Waals surface area contributed by atoms with Crippen LogP contribution in [0, 0.1) is 0 Å². The normalized spacial score (nSPS) is 10.8. The quantitative estimate of drug-likeness (QED) is 0.780. The topological polar surface area (TPSA) is 69.2 Å². The predicted molar refractivity (Wildman–Crippen MR) is 85.0 cm³/mol. The number of aromatic nitrogens is 2. The molecular formula is C16H14ClN3O2.